The smallest absolute Gasteiger partial charge is 0.149 e. The number of hydrogen-bond donors (Lipinski definition) is 1. The predicted octanol–water partition coefficient (Wildman–Crippen LogP) is 3.48. The molecule has 1 aliphatic carbocycles. The molecule has 0 aliphatic heterocycles. The number of nitrogens with zero attached hydrogens (tertiary/aromatic N) is 1. The Balaban J connectivity index is 2.20. The molecule has 0 aromatic heterocycles. The van der Waals surface area contributed by atoms with Gasteiger partial charge >= 0.3 is 0 Å². The lowest BCUT2D eigenvalue weighted by atomic mass is 9.85. The highest BCUT2D eigenvalue weighted by Gasteiger charge is 2.24. The zero-order chi connectivity index (χ0) is 14.7. The molecule has 2 nitrogen and oxygen atoms in total. The maximum atomic E-state index is 14.2. The molecule has 1 aromatic carbocycles. The van der Waals surface area contributed by atoms with Gasteiger partial charge in [0.1, 0.15) is 17.3 Å². The zero-order valence-electron chi connectivity index (χ0n) is 12.3. The van der Waals surface area contributed by atoms with Crippen LogP contribution in [0.2, 0.25) is 0 Å². The first-order valence-corrected chi connectivity index (χ1v) is 7.49. The lowest BCUT2D eigenvalue weighted by Gasteiger charge is -2.33. The molecule has 0 heterocycles. The fourth-order valence-electron chi connectivity index (χ4n) is 2.78. The Kier molecular flexibility index (Phi) is 4.97. The van der Waals surface area contributed by atoms with E-state index in [1.807, 2.05) is 18.7 Å². The van der Waals surface area contributed by atoms with Crippen molar-refractivity contribution in [3.05, 3.63) is 29.3 Å². The second-order valence-corrected chi connectivity index (χ2v) is 5.93. The van der Waals surface area contributed by atoms with Crippen LogP contribution in [0.25, 0.3) is 0 Å². The highest BCUT2D eigenvalue weighted by atomic mass is 19.1. The van der Waals surface area contributed by atoms with E-state index in [1.54, 1.807) is 0 Å². The van der Waals surface area contributed by atoms with Crippen LogP contribution in [0.5, 0.6) is 0 Å². The van der Waals surface area contributed by atoms with E-state index in [0.29, 0.717) is 24.4 Å². The van der Waals surface area contributed by atoms with Crippen molar-refractivity contribution in [2.45, 2.75) is 45.6 Å². The number of rotatable bonds is 6. The van der Waals surface area contributed by atoms with Gasteiger partial charge in [-0.25, -0.2) is 8.78 Å². The quantitative estimate of drug-likeness (QED) is 0.865. The van der Waals surface area contributed by atoms with Crippen molar-refractivity contribution < 1.29 is 8.78 Å². The first kappa shape index (κ1) is 15.2. The van der Waals surface area contributed by atoms with Gasteiger partial charge in [0.05, 0.1) is 0 Å². The lowest BCUT2D eigenvalue weighted by molar-refractivity contribution is 0.317. The molecule has 0 radical (unpaired) electrons. The van der Waals surface area contributed by atoms with Crippen molar-refractivity contribution in [2.24, 2.45) is 11.7 Å². The second-order valence-electron chi connectivity index (χ2n) is 5.93. The Morgan fingerprint density at radius 2 is 1.90 bits per heavy atom. The van der Waals surface area contributed by atoms with Gasteiger partial charge in [0, 0.05) is 19.1 Å². The van der Waals surface area contributed by atoms with E-state index in [-0.39, 0.29) is 11.7 Å². The van der Waals surface area contributed by atoms with Crippen molar-refractivity contribution in [3.8, 4) is 0 Å². The molecular weight excluding hydrogens is 258 g/mol. The average molecular weight is 282 g/mol. The van der Waals surface area contributed by atoms with E-state index in [0.717, 1.165) is 6.54 Å². The Morgan fingerprint density at radius 1 is 1.30 bits per heavy atom. The molecule has 1 fully saturated rings. The molecular formula is C16H24F2N2. The van der Waals surface area contributed by atoms with Gasteiger partial charge in [-0.15, -0.1) is 0 Å². The van der Waals surface area contributed by atoms with Crippen LogP contribution in [-0.4, -0.2) is 19.1 Å². The standard InChI is InChI=1S/C16H24F2N2/c1-3-20(10-12-5-4-6-12)16-14(17)8-13(7-11(2)19)9-15(16)18/h8-9,11-12H,3-7,10,19H2,1-2H3. The summed E-state index contributed by atoms with van der Waals surface area (Å²) < 4.78 is 28.5. The van der Waals surface area contributed by atoms with Crippen molar-refractivity contribution in [2.75, 3.05) is 18.0 Å². The molecule has 0 bridgehead atoms. The van der Waals surface area contributed by atoms with E-state index in [4.69, 9.17) is 5.73 Å². The SMILES string of the molecule is CCN(CC1CCC1)c1c(F)cc(CC(C)N)cc1F. The van der Waals surface area contributed by atoms with E-state index >= 15 is 0 Å². The number of halogens is 2. The molecule has 0 spiro atoms. The molecule has 0 amide bonds. The van der Waals surface area contributed by atoms with Crippen LogP contribution in [0.15, 0.2) is 12.1 Å². The summed E-state index contributed by atoms with van der Waals surface area (Å²) >= 11 is 0. The molecule has 112 valence electrons. The van der Waals surface area contributed by atoms with Gasteiger partial charge in [-0.2, -0.15) is 0 Å². The Labute approximate surface area is 120 Å². The molecule has 4 heteroatoms. The van der Waals surface area contributed by atoms with Gasteiger partial charge in [-0.05, 0) is 56.7 Å². The van der Waals surface area contributed by atoms with Crippen LogP contribution in [0.1, 0.15) is 38.7 Å². The minimum atomic E-state index is -0.471. The minimum Gasteiger partial charge on any atom is -0.367 e. The highest BCUT2D eigenvalue weighted by molar-refractivity contribution is 5.51. The normalized spacial score (nSPS) is 16.9. The maximum Gasteiger partial charge on any atom is 0.149 e. The third kappa shape index (κ3) is 3.48. The van der Waals surface area contributed by atoms with Crippen molar-refractivity contribution in [1.29, 1.82) is 0 Å². The Morgan fingerprint density at radius 3 is 2.30 bits per heavy atom. The molecule has 20 heavy (non-hydrogen) atoms. The molecule has 2 N–H and O–H groups in total. The summed E-state index contributed by atoms with van der Waals surface area (Å²) in [6, 6.07) is 2.74. The van der Waals surface area contributed by atoms with E-state index in [2.05, 4.69) is 0 Å². The van der Waals surface area contributed by atoms with Crippen LogP contribution in [0, 0.1) is 17.6 Å². The van der Waals surface area contributed by atoms with Gasteiger partial charge in [0.2, 0.25) is 0 Å². The van der Waals surface area contributed by atoms with Crippen LogP contribution in [-0.2, 0) is 6.42 Å². The van der Waals surface area contributed by atoms with Gasteiger partial charge in [0.25, 0.3) is 0 Å². The Bertz CT molecular complexity index is 433. The molecule has 2 rings (SSSR count). The molecule has 1 aliphatic rings. The fraction of sp³-hybridized carbons (Fsp3) is 0.625. The first-order valence-electron chi connectivity index (χ1n) is 7.49. The molecule has 1 saturated carbocycles. The average Bonchev–Trinajstić information content (AvgIpc) is 2.29. The van der Waals surface area contributed by atoms with Crippen LogP contribution in [0.3, 0.4) is 0 Å². The number of hydrogen-bond acceptors (Lipinski definition) is 2. The van der Waals surface area contributed by atoms with Crippen LogP contribution in [0.4, 0.5) is 14.5 Å². The summed E-state index contributed by atoms with van der Waals surface area (Å²) in [6.07, 6.45) is 4.06. The highest BCUT2D eigenvalue weighted by Crippen LogP contribution is 2.31. The third-order valence-electron chi connectivity index (χ3n) is 4.04. The molecule has 1 atom stereocenters. The number of nitrogens with two attached hydrogens (primary N) is 1. The summed E-state index contributed by atoms with van der Waals surface area (Å²) in [7, 11) is 0. The summed E-state index contributed by atoms with van der Waals surface area (Å²) in [6.45, 7) is 5.14. The van der Waals surface area contributed by atoms with Gasteiger partial charge in [0.15, 0.2) is 0 Å². The van der Waals surface area contributed by atoms with Crippen molar-refractivity contribution in [1.82, 2.24) is 0 Å². The summed E-state index contributed by atoms with van der Waals surface area (Å²) in [5.41, 5.74) is 6.43. The lowest BCUT2D eigenvalue weighted by Crippen LogP contribution is -2.33. The van der Waals surface area contributed by atoms with Crippen molar-refractivity contribution >= 4 is 5.69 Å². The van der Waals surface area contributed by atoms with Gasteiger partial charge < -0.3 is 10.6 Å². The van der Waals surface area contributed by atoms with E-state index in [1.165, 1.54) is 31.4 Å². The van der Waals surface area contributed by atoms with E-state index in [9.17, 15) is 8.78 Å². The number of benzene rings is 1. The molecule has 1 unspecified atom stereocenters. The molecule has 0 saturated heterocycles. The van der Waals surface area contributed by atoms with Gasteiger partial charge in [-0.3, -0.25) is 0 Å². The second kappa shape index (κ2) is 6.53. The first-order chi connectivity index (χ1) is 9.51. The van der Waals surface area contributed by atoms with Gasteiger partial charge in [-0.1, -0.05) is 6.42 Å². The topological polar surface area (TPSA) is 29.3 Å². The predicted molar refractivity (Wildman–Crippen MR) is 78.9 cm³/mol. The van der Waals surface area contributed by atoms with E-state index < -0.39 is 11.6 Å². The zero-order valence-corrected chi connectivity index (χ0v) is 12.3. The Hall–Kier alpha value is -1.16. The number of anilines is 1. The third-order valence-corrected chi connectivity index (χ3v) is 4.04. The van der Waals surface area contributed by atoms with Crippen molar-refractivity contribution in [3.63, 3.8) is 0 Å². The fourth-order valence-corrected chi connectivity index (χ4v) is 2.78. The summed E-state index contributed by atoms with van der Waals surface area (Å²) in [4.78, 5) is 1.82. The summed E-state index contributed by atoms with van der Waals surface area (Å²) in [5.74, 6) is -0.360. The van der Waals surface area contributed by atoms with Crippen LogP contribution >= 0.6 is 0 Å². The monoisotopic (exact) mass is 282 g/mol. The minimum absolute atomic E-state index is 0.100. The summed E-state index contributed by atoms with van der Waals surface area (Å²) in [5, 5.41) is 0. The maximum absolute atomic E-state index is 14.2. The molecule has 1 aromatic rings. The largest absolute Gasteiger partial charge is 0.367 e. The van der Waals surface area contributed by atoms with Crippen LogP contribution < -0.4 is 10.6 Å².